The van der Waals surface area contributed by atoms with Gasteiger partial charge in [-0.15, -0.1) is 0 Å². The second-order valence-corrected chi connectivity index (χ2v) is 5.62. The van der Waals surface area contributed by atoms with Crippen LogP contribution in [-0.4, -0.2) is 32.4 Å². The van der Waals surface area contributed by atoms with Crippen LogP contribution < -0.4 is 5.32 Å². The molecule has 1 N–H and O–H groups in total. The van der Waals surface area contributed by atoms with Gasteiger partial charge in [0.05, 0.1) is 17.8 Å². The van der Waals surface area contributed by atoms with Crippen LogP contribution in [-0.2, 0) is 17.8 Å². The molecule has 1 aliphatic rings. The highest BCUT2D eigenvalue weighted by Crippen LogP contribution is 2.26. The van der Waals surface area contributed by atoms with Crippen LogP contribution in [0.15, 0.2) is 10.7 Å². The largest absolute Gasteiger partial charge is 0.368 e. The zero-order valence-corrected chi connectivity index (χ0v) is 13.4. The Morgan fingerprint density at radius 3 is 3.13 bits per heavy atom. The molecular formula is C15H21N5O3. The Balaban J connectivity index is 1.58. The Morgan fingerprint density at radius 1 is 1.52 bits per heavy atom. The molecule has 1 saturated heterocycles. The van der Waals surface area contributed by atoms with Gasteiger partial charge in [0, 0.05) is 19.3 Å². The summed E-state index contributed by atoms with van der Waals surface area (Å²) in [6.07, 6.45) is 4.52. The van der Waals surface area contributed by atoms with E-state index in [-0.39, 0.29) is 18.6 Å². The van der Waals surface area contributed by atoms with Gasteiger partial charge in [0.15, 0.2) is 5.82 Å². The molecule has 0 spiro atoms. The summed E-state index contributed by atoms with van der Waals surface area (Å²) in [7, 11) is 0. The molecule has 0 radical (unpaired) electrons. The van der Waals surface area contributed by atoms with E-state index in [0.29, 0.717) is 23.0 Å². The summed E-state index contributed by atoms with van der Waals surface area (Å²) in [6, 6.07) is 0. The minimum atomic E-state index is -0.187. The minimum Gasteiger partial charge on any atom is -0.368 e. The second kappa shape index (κ2) is 6.91. The highest BCUT2D eigenvalue weighted by atomic mass is 16.5. The van der Waals surface area contributed by atoms with E-state index < -0.39 is 0 Å². The molecular weight excluding hydrogens is 298 g/mol. The van der Waals surface area contributed by atoms with Crippen molar-refractivity contribution in [2.75, 3.05) is 6.61 Å². The zero-order chi connectivity index (χ0) is 16.2. The van der Waals surface area contributed by atoms with Crippen LogP contribution in [0.25, 0.3) is 0 Å². The summed E-state index contributed by atoms with van der Waals surface area (Å²) in [4.78, 5) is 16.5. The van der Waals surface area contributed by atoms with E-state index in [2.05, 4.69) is 27.5 Å². The highest BCUT2D eigenvalue weighted by Gasteiger charge is 2.24. The van der Waals surface area contributed by atoms with Gasteiger partial charge in [-0.1, -0.05) is 12.1 Å². The molecule has 124 valence electrons. The van der Waals surface area contributed by atoms with E-state index in [1.54, 1.807) is 10.9 Å². The summed E-state index contributed by atoms with van der Waals surface area (Å²) in [5.41, 5.74) is 1.28. The van der Waals surface area contributed by atoms with Crippen LogP contribution in [0.3, 0.4) is 0 Å². The molecule has 23 heavy (non-hydrogen) atoms. The molecule has 2 aromatic heterocycles. The Bertz CT molecular complexity index is 672. The van der Waals surface area contributed by atoms with E-state index in [0.717, 1.165) is 32.4 Å². The van der Waals surface area contributed by atoms with Gasteiger partial charge in [-0.05, 0) is 26.2 Å². The van der Waals surface area contributed by atoms with Crippen LogP contribution in [0.5, 0.6) is 0 Å². The van der Waals surface area contributed by atoms with Crippen molar-refractivity contribution in [1.29, 1.82) is 0 Å². The van der Waals surface area contributed by atoms with E-state index in [1.807, 2.05) is 6.92 Å². The molecule has 1 aliphatic heterocycles. The summed E-state index contributed by atoms with van der Waals surface area (Å²) in [5.74, 6) is 0.745. The van der Waals surface area contributed by atoms with E-state index in [9.17, 15) is 4.79 Å². The van der Waals surface area contributed by atoms with Crippen LogP contribution in [0, 0.1) is 6.92 Å². The predicted octanol–water partition coefficient (Wildman–Crippen LogP) is 1.77. The third-order valence-electron chi connectivity index (χ3n) is 3.74. The maximum atomic E-state index is 12.2. The van der Waals surface area contributed by atoms with Crippen LogP contribution in [0.1, 0.15) is 60.1 Å². The van der Waals surface area contributed by atoms with Crippen molar-refractivity contribution in [2.45, 2.75) is 52.3 Å². The summed E-state index contributed by atoms with van der Waals surface area (Å²) >= 11 is 0. The lowest BCUT2D eigenvalue weighted by Crippen LogP contribution is -2.23. The molecule has 0 aromatic carbocycles. The van der Waals surface area contributed by atoms with E-state index >= 15 is 0 Å². The number of ether oxygens (including phenoxy) is 1. The number of carbonyl (C=O) groups is 1. The standard InChI is InChI=1S/C15H21N5O3/c1-3-6-20-9-11(10(2)18-20)14(21)16-8-13-17-15(23-19-13)12-5-4-7-22-12/h9,12H,3-8H2,1-2H3,(H,16,21). The lowest BCUT2D eigenvalue weighted by Gasteiger charge is -2.01. The van der Waals surface area contributed by atoms with Gasteiger partial charge in [-0.3, -0.25) is 9.48 Å². The van der Waals surface area contributed by atoms with Gasteiger partial charge in [0.1, 0.15) is 6.10 Å². The van der Waals surface area contributed by atoms with Crippen molar-refractivity contribution in [2.24, 2.45) is 0 Å². The fraction of sp³-hybridized carbons (Fsp3) is 0.600. The second-order valence-electron chi connectivity index (χ2n) is 5.62. The van der Waals surface area contributed by atoms with Crippen molar-refractivity contribution in [1.82, 2.24) is 25.2 Å². The molecule has 0 bridgehead atoms. The van der Waals surface area contributed by atoms with Gasteiger partial charge in [-0.2, -0.15) is 10.1 Å². The topological polar surface area (TPSA) is 95.1 Å². The first kappa shape index (κ1) is 15.7. The van der Waals surface area contributed by atoms with Crippen LogP contribution in [0.2, 0.25) is 0 Å². The van der Waals surface area contributed by atoms with Gasteiger partial charge < -0.3 is 14.6 Å². The number of nitrogens with one attached hydrogen (secondary N) is 1. The number of rotatable bonds is 6. The minimum absolute atomic E-state index is 0.110. The highest BCUT2D eigenvalue weighted by molar-refractivity contribution is 5.94. The normalized spacial score (nSPS) is 17.6. The van der Waals surface area contributed by atoms with Crippen LogP contribution >= 0.6 is 0 Å². The Labute approximate surface area is 134 Å². The van der Waals surface area contributed by atoms with Gasteiger partial charge in [0.2, 0.25) is 0 Å². The van der Waals surface area contributed by atoms with E-state index in [1.165, 1.54) is 0 Å². The third kappa shape index (κ3) is 3.58. The van der Waals surface area contributed by atoms with Crippen molar-refractivity contribution < 1.29 is 14.1 Å². The number of aryl methyl sites for hydroxylation is 2. The lowest BCUT2D eigenvalue weighted by molar-refractivity contribution is 0.0835. The van der Waals surface area contributed by atoms with E-state index in [4.69, 9.17) is 9.26 Å². The number of carbonyl (C=O) groups excluding carboxylic acids is 1. The maximum absolute atomic E-state index is 12.2. The first-order valence-corrected chi connectivity index (χ1v) is 7.93. The average Bonchev–Trinajstić information content (AvgIpc) is 3.25. The zero-order valence-electron chi connectivity index (χ0n) is 13.4. The monoisotopic (exact) mass is 319 g/mol. The molecule has 1 unspecified atom stereocenters. The predicted molar refractivity (Wildman–Crippen MR) is 80.7 cm³/mol. The van der Waals surface area contributed by atoms with Crippen molar-refractivity contribution in [3.63, 3.8) is 0 Å². The number of hydrogen-bond acceptors (Lipinski definition) is 6. The van der Waals surface area contributed by atoms with Gasteiger partial charge in [0.25, 0.3) is 11.8 Å². The quantitative estimate of drug-likeness (QED) is 0.872. The summed E-state index contributed by atoms with van der Waals surface area (Å²) < 4.78 is 12.5. The molecule has 1 amide bonds. The van der Waals surface area contributed by atoms with Crippen molar-refractivity contribution in [3.05, 3.63) is 29.2 Å². The number of nitrogens with zero attached hydrogens (tertiary/aromatic N) is 4. The fourth-order valence-electron chi connectivity index (χ4n) is 2.58. The first-order valence-electron chi connectivity index (χ1n) is 7.93. The Morgan fingerprint density at radius 2 is 2.39 bits per heavy atom. The molecule has 2 aromatic rings. The molecule has 3 heterocycles. The number of amides is 1. The molecule has 8 nitrogen and oxygen atoms in total. The molecule has 8 heteroatoms. The SMILES string of the molecule is CCCn1cc(C(=O)NCc2noc(C3CCCO3)n2)c(C)n1. The molecule has 3 rings (SSSR count). The molecule has 0 aliphatic carbocycles. The lowest BCUT2D eigenvalue weighted by atomic mass is 10.2. The Kier molecular flexibility index (Phi) is 4.71. The Hall–Kier alpha value is -2.22. The van der Waals surface area contributed by atoms with Crippen molar-refractivity contribution in [3.8, 4) is 0 Å². The number of hydrogen-bond donors (Lipinski definition) is 1. The fourth-order valence-corrected chi connectivity index (χ4v) is 2.58. The smallest absolute Gasteiger partial charge is 0.255 e. The summed E-state index contributed by atoms with van der Waals surface area (Å²) in [6.45, 7) is 5.63. The third-order valence-corrected chi connectivity index (χ3v) is 3.74. The first-order chi connectivity index (χ1) is 11.2. The van der Waals surface area contributed by atoms with Gasteiger partial charge in [-0.25, -0.2) is 0 Å². The molecule has 0 saturated carbocycles. The molecule has 1 fully saturated rings. The van der Waals surface area contributed by atoms with Gasteiger partial charge >= 0.3 is 0 Å². The van der Waals surface area contributed by atoms with Crippen LogP contribution in [0.4, 0.5) is 0 Å². The molecule has 1 atom stereocenters. The average molecular weight is 319 g/mol. The summed E-state index contributed by atoms with van der Waals surface area (Å²) in [5, 5.41) is 11.0. The number of aromatic nitrogens is 4. The van der Waals surface area contributed by atoms with Crippen molar-refractivity contribution >= 4 is 5.91 Å². The maximum Gasteiger partial charge on any atom is 0.255 e.